The van der Waals surface area contributed by atoms with Crippen molar-refractivity contribution in [1.29, 1.82) is 0 Å². The van der Waals surface area contributed by atoms with Crippen molar-refractivity contribution in [2.75, 3.05) is 6.61 Å². The van der Waals surface area contributed by atoms with E-state index in [-0.39, 0.29) is 0 Å². The van der Waals surface area contributed by atoms with Crippen molar-refractivity contribution in [3.05, 3.63) is 23.0 Å². The fraction of sp³-hybridized carbons (Fsp3) is 0.375. The Labute approximate surface area is 85.0 Å². The number of pyridine rings is 1. The molecule has 12 heavy (non-hydrogen) atoms. The van der Waals surface area contributed by atoms with Crippen LogP contribution in [0.5, 0.6) is 5.75 Å². The highest BCUT2D eigenvalue weighted by Gasteiger charge is 1.99. The van der Waals surface area contributed by atoms with Crippen molar-refractivity contribution >= 4 is 27.5 Å². The summed E-state index contributed by atoms with van der Waals surface area (Å²) < 4.78 is 5.28. The monoisotopic (exact) mass is 249 g/mol. The molecule has 0 spiro atoms. The number of alkyl halides is 1. The standard InChI is InChI=1S/C8H9BrClNO/c1-2-12-7-3-6(5-9)11-8(10)4-7/h3-4H,2,5H2,1H3. The lowest BCUT2D eigenvalue weighted by molar-refractivity contribution is 0.339. The molecule has 0 N–H and O–H groups in total. The summed E-state index contributed by atoms with van der Waals surface area (Å²) >= 11 is 9.05. The van der Waals surface area contributed by atoms with Gasteiger partial charge in [-0.2, -0.15) is 0 Å². The zero-order chi connectivity index (χ0) is 8.97. The summed E-state index contributed by atoms with van der Waals surface area (Å²) in [7, 11) is 0. The number of halogens is 2. The fourth-order valence-corrected chi connectivity index (χ4v) is 1.35. The average molecular weight is 251 g/mol. The Balaban J connectivity index is 2.90. The van der Waals surface area contributed by atoms with Gasteiger partial charge in [-0.05, 0) is 6.92 Å². The van der Waals surface area contributed by atoms with E-state index in [2.05, 4.69) is 20.9 Å². The van der Waals surface area contributed by atoms with E-state index in [9.17, 15) is 0 Å². The summed E-state index contributed by atoms with van der Waals surface area (Å²) in [5, 5.41) is 1.16. The Morgan fingerprint density at radius 2 is 2.33 bits per heavy atom. The van der Waals surface area contributed by atoms with E-state index in [0.717, 1.165) is 11.4 Å². The third-order valence-electron chi connectivity index (χ3n) is 1.27. The molecule has 0 radical (unpaired) electrons. The second-order valence-electron chi connectivity index (χ2n) is 2.18. The molecule has 66 valence electrons. The molecule has 0 aliphatic rings. The lowest BCUT2D eigenvalue weighted by Gasteiger charge is -2.04. The molecule has 0 atom stereocenters. The van der Waals surface area contributed by atoms with Crippen LogP contribution in [0.2, 0.25) is 5.15 Å². The van der Waals surface area contributed by atoms with E-state index >= 15 is 0 Å². The van der Waals surface area contributed by atoms with Crippen LogP contribution >= 0.6 is 27.5 Å². The molecule has 0 aliphatic carbocycles. The van der Waals surface area contributed by atoms with Gasteiger partial charge in [-0.3, -0.25) is 0 Å². The molecule has 1 aromatic heterocycles. The highest BCUT2D eigenvalue weighted by atomic mass is 79.9. The van der Waals surface area contributed by atoms with Crippen LogP contribution in [0.25, 0.3) is 0 Å². The minimum atomic E-state index is 0.468. The molecule has 2 nitrogen and oxygen atoms in total. The van der Waals surface area contributed by atoms with Gasteiger partial charge in [0.05, 0.1) is 12.3 Å². The average Bonchev–Trinajstić information content (AvgIpc) is 2.04. The normalized spacial score (nSPS) is 9.92. The number of rotatable bonds is 3. The number of ether oxygens (including phenoxy) is 1. The zero-order valence-electron chi connectivity index (χ0n) is 6.68. The Bertz CT molecular complexity index is 267. The van der Waals surface area contributed by atoms with Crippen LogP contribution in [0.4, 0.5) is 0 Å². The van der Waals surface area contributed by atoms with Crippen molar-refractivity contribution in [3.8, 4) is 5.75 Å². The molecule has 1 rings (SSSR count). The molecular weight excluding hydrogens is 241 g/mol. The highest BCUT2D eigenvalue weighted by molar-refractivity contribution is 9.08. The van der Waals surface area contributed by atoms with Crippen LogP contribution in [0.1, 0.15) is 12.6 Å². The molecular formula is C8H9BrClNO. The van der Waals surface area contributed by atoms with Crippen LogP contribution in [-0.4, -0.2) is 11.6 Å². The summed E-state index contributed by atoms with van der Waals surface area (Å²) in [4.78, 5) is 4.07. The van der Waals surface area contributed by atoms with E-state index in [0.29, 0.717) is 17.1 Å². The molecule has 0 saturated carbocycles. The second kappa shape index (κ2) is 4.67. The van der Waals surface area contributed by atoms with Gasteiger partial charge in [-0.15, -0.1) is 0 Å². The van der Waals surface area contributed by atoms with Crippen LogP contribution in [0.3, 0.4) is 0 Å². The topological polar surface area (TPSA) is 22.1 Å². The van der Waals surface area contributed by atoms with Crippen molar-refractivity contribution in [2.45, 2.75) is 12.3 Å². The van der Waals surface area contributed by atoms with Crippen molar-refractivity contribution < 1.29 is 4.74 Å². The summed E-state index contributed by atoms with van der Waals surface area (Å²) in [6.45, 7) is 2.57. The number of aromatic nitrogens is 1. The van der Waals surface area contributed by atoms with Crippen molar-refractivity contribution in [1.82, 2.24) is 4.98 Å². The largest absolute Gasteiger partial charge is 0.494 e. The maximum Gasteiger partial charge on any atom is 0.133 e. The third-order valence-corrected chi connectivity index (χ3v) is 2.04. The Morgan fingerprint density at radius 1 is 1.58 bits per heavy atom. The summed E-state index contributed by atoms with van der Waals surface area (Å²) in [6, 6.07) is 3.57. The maximum atomic E-state index is 5.75. The lowest BCUT2D eigenvalue weighted by Crippen LogP contribution is -1.94. The Kier molecular flexibility index (Phi) is 3.82. The van der Waals surface area contributed by atoms with Gasteiger partial charge in [-0.25, -0.2) is 4.98 Å². The van der Waals surface area contributed by atoms with Crippen molar-refractivity contribution in [3.63, 3.8) is 0 Å². The second-order valence-corrected chi connectivity index (χ2v) is 3.13. The minimum Gasteiger partial charge on any atom is -0.494 e. The lowest BCUT2D eigenvalue weighted by atomic mass is 10.3. The van der Waals surface area contributed by atoms with E-state index < -0.39 is 0 Å². The molecule has 0 aromatic carbocycles. The van der Waals surface area contributed by atoms with Gasteiger partial charge in [0.15, 0.2) is 0 Å². The first-order valence-corrected chi connectivity index (χ1v) is 5.11. The van der Waals surface area contributed by atoms with E-state index in [4.69, 9.17) is 16.3 Å². The van der Waals surface area contributed by atoms with Gasteiger partial charge in [0, 0.05) is 17.5 Å². The van der Waals surface area contributed by atoms with Crippen molar-refractivity contribution in [2.24, 2.45) is 0 Å². The SMILES string of the molecule is CCOc1cc(Cl)nc(CBr)c1. The first kappa shape index (κ1) is 9.81. The third kappa shape index (κ3) is 2.64. The molecule has 1 heterocycles. The molecule has 0 bridgehead atoms. The van der Waals surface area contributed by atoms with Crippen LogP contribution in [-0.2, 0) is 5.33 Å². The van der Waals surface area contributed by atoms with E-state index in [1.165, 1.54) is 0 Å². The van der Waals surface area contributed by atoms with Gasteiger partial charge < -0.3 is 4.74 Å². The predicted octanol–water partition coefficient (Wildman–Crippen LogP) is 3.03. The molecule has 0 aliphatic heterocycles. The quantitative estimate of drug-likeness (QED) is 0.608. The molecule has 1 aromatic rings. The van der Waals surface area contributed by atoms with E-state index in [1.807, 2.05) is 13.0 Å². The first-order valence-electron chi connectivity index (χ1n) is 3.61. The van der Waals surface area contributed by atoms with Gasteiger partial charge >= 0.3 is 0 Å². The first-order chi connectivity index (χ1) is 5.76. The Hall–Kier alpha value is -0.280. The smallest absolute Gasteiger partial charge is 0.133 e. The highest BCUT2D eigenvalue weighted by Crippen LogP contribution is 2.18. The number of hydrogen-bond acceptors (Lipinski definition) is 2. The summed E-state index contributed by atoms with van der Waals surface area (Å²) in [6.07, 6.45) is 0. The molecule has 0 amide bonds. The van der Waals surface area contributed by atoms with Gasteiger partial charge in [0.25, 0.3) is 0 Å². The van der Waals surface area contributed by atoms with Gasteiger partial charge in [0.1, 0.15) is 10.9 Å². The number of hydrogen-bond donors (Lipinski definition) is 0. The molecule has 0 unspecified atom stereocenters. The molecule has 0 saturated heterocycles. The maximum absolute atomic E-state index is 5.75. The zero-order valence-corrected chi connectivity index (χ0v) is 9.02. The summed E-state index contributed by atoms with van der Waals surface area (Å²) in [5.74, 6) is 0.770. The van der Waals surface area contributed by atoms with Crippen LogP contribution in [0, 0.1) is 0 Å². The molecule has 4 heteroatoms. The van der Waals surface area contributed by atoms with Gasteiger partial charge in [0.2, 0.25) is 0 Å². The molecule has 0 fully saturated rings. The van der Waals surface area contributed by atoms with Crippen LogP contribution in [0.15, 0.2) is 12.1 Å². The number of nitrogens with zero attached hydrogens (tertiary/aromatic N) is 1. The predicted molar refractivity (Wildman–Crippen MR) is 53.0 cm³/mol. The Morgan fingerprint density at radius 3 is 2.92 bits per heavy atom. The fourth-order valence-electron chi connectivity index (χ4n) is 0.843. The minimum absolute atomic E-state index is 0.468. The summed E-state index contributed by atoms with van der Waals surface area (Å²) in [5.41, 5.74) is 0.881. The van der Waals surface area contributed by atoms with Gasteiger partial charge in [-0.1, -0.05) is 27.5 Å². The van der Waals surface area contributed by atoms with Crippen LogP contribution < -0.4 is 4.74 Å². The van der Waals surface area contributed by atoms with E-state index in [1.54, 1.807) is 6.07 Å².